The van der Waals surface area contributed by atoms with Gasteiger partial charge in [0.1, 0.15) is 0 Å². The van der Waals surface area contributed by atoms with Gasteiger partial charge in [-0.1, -0.05) is 0 Å². The van der Waals surface area contributed by atoms with Gasteiger partial charge in [-0.3, -0.25) is 9.97 Å². The topological polar surface area (TPSA) is 84.8 Å². The molecule has 1 N–H and O–H groups in total. The van der Waals surface area contributed by atoms with E-state index in [0.29, 0.717) is 36.3 Å². The lowest BCUT2D eigenvalue weighted by Crippen LogP contribution is -2.17. The molecule has 1 aliphatic rings. The summed E-state index contributed by atoms with van der Waals surface area (Å²) in [7, 11) is 1.62. The summed E-state index contributed by atoms with van der Waals surface area (Å²) in [4.78, 5) is 22.7. The minimum atomic E-state index is -1.01. The lowest BCUT2D eigenvalue weighted by atomic mass is 10.2. The zero-order chi connectivity index (χ0) is 20.2. The van der Waals surface area contributed by atoms with Gasteiger partial charge in [0.2, 0.25) is 0 Å². The third-order valence-electron chi connectivity index (χ3n) is 4.71. The van der Waals surface area contributed by atoms with Gasteiger partial charge < -0.3 is 19.5 Å². The van der Waals surface area contributed by atoms with Crippen LogP contribution in [0.5, 0.6) is 11.5 Å². The maximum Gasteiger partial charge on any atom is 0.337 e. The van der Waals surface area contributed by atoms with E-state index < -0.39 is 5.97 Å². The molecule has 4 rings (SSSR count). The molecule has 1 aliphatic carbocycles. The highest BCUT2D eigenvalue weighted by Gasteiger charge is 2.23. The number of aromatic nitrogens is 2. The third-order valence-corrected chi connectivity index (χ3v) is 5.47. The zero-order valence-corrected chi connectivity index (χ0v) is 16.8. The van der Waals surface area contributed by atoms with Crippen molar-refractivity contribution in [1.82, 2.24) is 9.97 Å². The van der Waals surface area contributed by atoms with Crippen molar-refractivity contribution in [2.75, 3.05) is 18.6 Å². The number of carboxylic acids is 1. The average molecular weight is 411 g/mol. The van der Waals surface area contributed by atoms with Crippen molar-refractivity contribution in [3.63, 3.8) is 0 Å². The number of carbonyl (C=O) groups is 1. The second-order valence-corrected chi connectivity index (χ2v) is 7.85. The lowest BCUT2D eigenvalue weighted by molar-refractivity contribution is 0.0696. The average Bonchev–Trinajstić information content (AvgIpc) is 3.43. The Kier molecular flexibility index (Phi) is 5.62. The van der Waals surface area contributed by atoms with Crippen LogP contribution < -0.4 is 14.4 Å². The molecule has 0 saturated heterocycles. The predicted molar refractivity (Wildman–Crippen MR) is 110 cm³/mol. The maximum atomic E-state index is 11.4. The molecule has 3 aromatic rings. The van der Waals surface area contributed by atoms with Gasteiger partial charge in [0.25, 0.3) is 0 Å². The molecule has 0 atom stereocenters. The number of methoxy groups -OCH3 is 1. The molecule has 29 heavy (non-hydrogen) atoms. The molecule has 0 radical (unpaired) electrons. The number of carboxylic acid groups (broad SMARTS) is 1. The molecular formula is C21H21N3O4S. The fraction of sp³-hybridized carbons (Fsp3) is 0.286. The Bertz CT molecular complexity index is 989. The standard InChI is InChI=1S/C21H21N3O4S/c1-27-19-5-4-16(7-20(19)28-12-14-2-3-14)24(11-18-10-23-13-29-18)17-6-15(21(25)26)8-22-9-17/h4-10,13-14H,2-3,11-12H2,1H3,(H,25,26). The van der Waals surface area contributed by atoms with E-state index in [-0.39, 0.29) is 5.56 Å². The summed E-state index contributed by atoms with van der Waals surface area (Å²) in [5.74, 6) is 0.950. The van der Waals surface area contributed by atoms with Crippen LogP contribution in [0.3, 0.4) is 0 Å². The highest BCUT2D eigenvalue weighted by molar-refractivity contribution is 7.09. The number of ether oxygens (including phenoxy) is 2. The minimum Gasteiger partial charge on any atom is -0.493 e. The summed E-state index contributed by atoms with van der Waals surface area (Å²) in [6, 6.07) is 7.34. The molecule has 0 amide bonds. The van der Waals surface area contributed by atoms with Crippen molar-refractivity contribution in [3.8, 4) is 11.5 Å². The van der Waals surface area contributed by atoms with Gasteiger partial charge in [0, 0.05) is 29.0 Å². The van der Waals surface area contributed by atoms with Crippen LogP contribution in [0.2, 0.25) is 0 Å². The summed E-state index contributed by atoms with van der Waals surface area (Å²) in [6.45, 7) is 1.20. The van der Waals surface area contributed by atoms with E-state index in [2.05, 4.69) is 9.97 Å². The summed E-state index contributed by atoms with van der Waals surface area (Å²) >= 11 is 1.54. The number of anilines is 2. The van der Waals surface area contributed by atoms with Crippen LogP contribution in [0, 0.1) is 5.92 Å². The number of aromatic carboxylic acids is 1. The Morgan fingerprint density at radius 1 is 1.17 bits per heavy atom. The van der Waals surface area contributed by atoms with E-state index in [1.807, 2.05) is 23.1 Å². The van der Waals surface area contributed by atoms with Gasteiger partial charge in [-0.05, 0) is 37.0 Å². The van der Waals surface area contributed by atoms with Crippen molar-refractivity contribution in [2.45, 2.75) is 19.4 Å². The van der Waals surface area contributed by atoms with Crippen molar-refractivity contribution >= 4 is 28.7 Å². The smallest absolute Gasteiger partial charge is 0.337 e. The van der Waals surface area contributed by atoms with Gasteiger partial charge in [-0.25, -0.2) is 4.79 Å². The first-order chi connectivity index (χ1) is 14.1. The molecule has 1 aromatic carbocycles. The molecule has 0 spiro atoms. The van der Waals surface area contributed by atoms with Gasteiger partial charge in [-0.15, -0.1) is 11.3 Å². The number of nitrogens with zero attached hydrogens (tertiary/aromatic N) is 3. The van der Waals surface area contributed by atoms with Gasteiger partial charge in [-0.2, -0.15) is 0 Å². The fourth-order valence-corrected chi connectivity index (χ4v) is 3.52. The quantitative estimate of drug-likeness (QED) is 0.559. The SMILES string of the molecule is COc1ccc(N(Cc2cncs2)c2cncc(C(=O)O)c2)cc1OCC1CC1. The Balaban J connectivity index is 1.71. The molecule has 150 valence electrons. The highest BCUT2D eigenvalue weighted by atomic mass is 32.1. The second-order valence-electron chi connectivity index (χ2n) is 6.88. The zero-order valence-electron chi connectivity index (χ0n) is 15.9. The van der Waals surface area contributed by atoms with Crippen LogP contribution in [0.4, 0.5) is 11.4 Å². The molecule has 0 bridgehead atoms. The molecule has 2 aromatic heterocycles. The lowest BCUT2D eigenvalue weighted by Gasteiger charge is -2.25. The van der Waals surface area contributed by atoms with Crippen LogP contribution in [-0.2, 0) is 6.54 Å². The van der Waals surface area contributed by atoms with Crippen molar-refractivity contribution in [3.05, 3.63) is 58.8 Å². The number of hydrogen-bond donors (Lipinski definition) is 1. The Morgan fingerprint density at radius 2 is 2.03 bits per heavy atom. The van der Waals surface area contributed by atoms with Gasteiger partial charge >= 0.3 is 5.97 Å². The monoisotopic (exact) mass is 411 g/mol. The van der Waals surface area contributed by atoms with E-state index in [1.165, 1.54) is 30.4 Å². The summed E-state index contributed by atoms with van der Waals surface area (Å²) in [5, 5.41) is 9.36. The van der Waals surface area contributed by atoms with E-state index >= 15 is 0 Å². The normalized spacial score (nSPS) is 13.1. The fourth-order valence-electron chi connectivity index (χ4n) is 2.94. The molecule has 0 aliphatic heterocycles. The first kappa shape index (κ1) is 19.2. The van der Waals surface area contributed by atoms with E-state index in [1.54, 1.807) is 31.1 Å². The van der Waals surface area contributed by atoms with Crippen LogP contribution in [0.25, 0.3) is 0 Å². The molecular weight excluding hydrogens is 390 g/mol. The third kappa shape index (κ3) is 4.65. The summed E-state index contributed by atoms with van der Waals surface area (Å²) in [6.07, 6.45) is 7.21. The van der Waals surface area contributed by atoms with Crippen LogP contribution >= 0.6 is 11.3 Å². The summed E-state index contributed by atoms with van der Waals surface area (Å²) in [5.41, 5.74) is 3.44. The van der Waals surface area contributed by atoms with E-state index in [9.17, 15) is 9.90 Å². The predicted octanol–water partition coefficient (Wildman–Crippen LogP) is 4.37. The number of hydrogen-bond acceptors (Lipinski definition) is 7. The number of pyridine rings is 1. The Labute approximate surface area is 172 Å². The van der Waals surface area contributed by atoms with Crippen LogP contribution in [-0.4, -0.2) is 34.8 Å². The number of rotatable bonds is 9. The molecule has 1 saturated carbocycles. The van der Waals surface area contributed by atoms with Gasteiger partial charge in [0.05, 0.1) is 43.2 Å². The molecule has 0 unspecified atom stereocenters. The van der Waals surface area contributed by atoms with E-state index in [4.69, 9.17) is 9.47 Å². The number of benzene rings is 1. The maximum absolute atomic E-state index is 11.4. The molecule has 2 heterocycles. The minimum absolute atomic E-state index is 0.135. The molecule has 8 heteroatoms. The highest BCUT2D eigenvalue weighted by Crippen LogP contribution is 2.37. The largest absolute Gasteiger partial charge is 0.493 e. The van der Waals surface area contributed by atoms with Gasteiger partial charge in [0.15, 0.2) is 11.5 Å². The first-order valence-corrected chi connectivity index (χ1v) is 10.2. The number of thiazole rings is 1. The Hall–Kier alpha value is -3.13. The van der Waals surface area contributed by atoms with E-state index in [0.717, 1.165) is 10.6 Å². The second kappa shape index (κ2) is 8.48. The van der Waals surface area contributed by atoms with Crippen LogP contribution in [0.1, 0.15) is 28.1 Å². The first-order valence-electron chi connectivity index (χ1n) is 9.28. The van der Waals surface area contributed by atoms with Crippen LogP contribution in [0.15, 0.2) is 48.4 Å². The van der Waals surface area contributed by atoms with Crippen molar-refractivity contribution < 1.29 is 19.4 Å². The van der Waals surface area contributed by atoms with Crippen molar-refractivity contribution in [2.24, 2.45) is 5.92 Å². The summed E-state index contributed by atoms with van der Waals surface area (Å²) < 4.78 is 11.5. The molecule has 7 nitrogen and oxygen atoms in total. The molecule has 1 fully saturated rings. The van der Waals surface area contributed by atoms with Crippen molar-refractivity contribution in [1.29, 1.82) is 0 Å². The Morgan fingerprint density at radius 3 is 2.72 bits per heavy atom.